The number of fused-ring (bicyclic) bond motifs is 2. The van der Waals surface area contributed by atoms with Crippen molar-refractivity contribution in [3.63, 3.8) is 0 Å². The third kappa shape index (κ3) is 4.85. The van der Waals surface area contributed by atoms with Crippen molar-refractivity contribution in [1.29, 1.82) is 0 Å². The number of amides is 1. The standard InChI is InChI=1S/C25H29ClFN3O4/c1-4-22(32)30-9-8-29-14-18-21(33-11-10-28(2)3)12-17(23-19(26)6-5-7-20(23)31)24(27)25(18)34-15-16(29)13-30/h4-7,12,16,31H,1,8-11,13-15H2,2-3H3. The Bertz CT molecular complexity index is 1070. The van der Waals surface area contributed by atoms with Crippen LogP contribution in [0.15, 0.2) is 36.9 Å². The van der Waals surface area contributed by atoms with Crippen molar-refractivity contribution in [1.82, 2.24) is 14.7 Å². The van der Waals surface area contributed by atoms with Crippen molar-refractivity contribution in [2.45, 2.75) is 12.6 Å². The molecule has 0 bridgehead atoms. The Morgan fingerprint density at radius 3 is 2.91 bits per heavy atom. The minimum atomic E-state index is -0.600. The number of aromatic hydroxyl groups is 1. The van der Waals surface area contributed by atoms with Crippen molar-refractivity contribution < 1.29 is 23.8 Å². The van der Waals surface area contributed by atoms with Crippen molar-refractivity contribution in [3.8, 4) is 28.4 Å². The van der Waals surface area contributed by atoms with Crippen molar-refractivity contribution in [2.75, 3.05) is 53.5 Å². The summed E-state index contributed by atoms with van der Waals surface area (Å²) >= 11 is 6.34. The largest absolute Gasteiger partial charge is 0.507 e. The Hall–Kier alpha value is -2.81. The molecule has 9 heteroatoms. The third-order valence-corrected chi connectivity index (χ3v) is 6.53. The van der Waals surface area contributed by atoms with E-state index in [1.54, 1.807) is 23.1 Å². The van der Waals surface area contributed by atoms with Crippen LogP contribution in [0.1, 0.15) is 5.56 Å². The average Bonchev–Trinajstić information content (AvgIpc) is 3.00. The van der Waals surface area contributed by atoms with Gasteiger partial charge < -0.3 is 24.4 Å². The van der Waals surface area contributed by atoms with E-state index in [4.69, 9.17) is 21.1 Å². The zero-order valence-electron chi connectivity index (χ0n) is 19.4. The maximum absolute atomic E-state index is 15.9. The number of phenols is 1. The number of likely N-dealkylation sites (N-methyl/N-ethyl adjacent to an activating group) is 1. The highest BCUT2D eigenvalue weighted by Gasteiger charge is 2.35. The number of piperazine rings is 1. The molecule has 7 nitrogen and oxygen atoms in total. The van der Waals surface area contributed by atoms with Crippen LogP contribution in [-0.4, -0.2) is 85.2 Å². The van der Waals surface area contributed by atoms with Gasteiger partial charge in [-0.05, 0) is 38.4 Å². The van der Waals surface area contributed by atoms with Crippen LogP contribution in [0.3, 0.4) is 0 Å². The normalized spacial score (nSPS) is 18.0. The van der Waals surface area contributed by atoms with Crippen LogP contribution >= 0.6 is 11.6 Å². The molecule has 1 saturated heterocycles. The van der Waals surface area contributed by atoms with Gasteiger partial charge in [-0.2, -0.15) is 0 Å². The molecule has 2 aliphatic heterocycles. The van der Waals surface area contributed by atoms with Crippen molar-refractivity contribution in [2.24, 2.45) is 0 Å². The summed E-state index contributed by atoms with van der Waals surface area (Å²) in [4.78, 5) is 18.0. The molecule has 0 saturated carbocycles. The van der Waals surface area contributed by atoms with Crippen molar-refractivity contribution in [3.05, 3.63) is 53.3 Å². The number of phenolic OH excluding ortho intramolecular Hbond substituents is 1. The summed E-state index contributed by atoms with van der Waals surface area (Å²) in [5.74, 6) is -0.283. The Morgan fingerprint density at radius 1 is 1.41 bits per heavy atom. The quantitative estimate of drug-likeness (QED) is 0.628. The molecule has 4 rings (SSSR count). The molecule has 1 amide bonds. The molecular formula is C25H29ClFN3O4. The van der Waals surface area contributed by atoms with Gasteiger partial charge in [-0.25, -0.2) is 4.39 Å². The van der Waals surface area contributed by atoms with Gasteiger partial charge in [-0.15, -0.1) is 0 Å². The summed E-state index contributed by atoms with van der Waals surface area (Å²) in [6.45, 7) is 6.91. The van der Waals surface area contributed by atoms with E-state index in [2.05, 4.69) is 11.5 Å². The van der Waals surface area contributed by atoms with Crippen molar-refractivity contribution >= 4 is 17.5 Å². The summed E-state index contributed by atoms with van der Waals surface area (Å²) in [5, 5.41) is 10.7. The van der Waals surface area contributed by atoms with Gasteiger partial charge >= 0.3 is 0 Å². The monoisotopic (exact) mass is 489 g/mol. The predicted molar refractivity (Wildman–Crippen MR) is 129 cm³/mol. The number of hydrogen-bond donors (Lipinski definition) is 1. The van der Waals surface area contributed by atoms with E-state index in [0.29, 0.717) is 50.6 Å². The summed E-state index contributed by atoms with van der Waals surface area (Å²) < 4.78 is 28.0. The first-order valence-corrected chi connectivity index (χ1v) is 11.6. The fourth-order valence-corrected chi connectivity index (χ4v) is 4.62. The van der Waals surface area contributed by atoms with E-state index >= 15 is 4.39 Å². The lowest BCUT2D eigenvalue weighted by Crippen LogP contribution is -2.55. The first kappa shape index (κ1) is 24.3. The zero-order chi connectivity index (χ0) is 24.4. The molecule has 182 valence electrons. The SMILES string of the molecule is C=CC(=O)N1CCN2Cc3c(OCCN(C)C)cc(-c4c(O)cccc4Cl)c(F)c3OCC2C1. The first-order chi connectivity index (χ1) is 16.3. The lowest BCUT2D eigenvalue weighted by atomic mass is 9.99. The molecule has 2 aromatic carbocycles. The molecule has 34 heavy (non-hydrogen) atoms. The minimum absolute atomic E-state index is 0.0904. The molecule has 0 radical (unpaired) electrons. The van der Waals surface area contributed by atoms with E-state index in [1.165, 1.54) is 12.1 Å². The lowest BCUT2D eigenvalue weighted by molar-refractivity contribution is -0.129. The predicted octanol–water partition coefficient (Wildman–Crippen LogP) is 3.38. The molecular weight excluding hydrogens is 461 g/mol. The maximum Gasteiger partial charge on any atom is 0.246 e. The maximum atomic E-state index is 15.9. The van der Waals surface area contributed by atoms with E-state index in [9.17, 15) is 9.90 Å². The smallest absolute Gasteiger partial charge is 0.246 e. The summed E-state index contributed by atoms with van der Waals surface area (Å²) in [5.41, 5.74) is 0.915. The average molecular weight is 490 g/mol. The highest BCUT2D eigenvalue weighted by molar-refractivity contribution is 6.33. The summed E-state index contributed by atoms with van der Waals surface area (Å²) in [6, 6.07) is 6.15. The van der Waals surface area contributed by atoms with E-state index < -0.39 is 5.82 Å². The summed E-state index contributed by atoms with van der Waals surface area (Å²) in [7, 11) is 3.89. The number of hydrogen-bond acceptors (Lipinski definition) is 6. The number of halogens is 2. The Labute approximate surface area is 203 Å². The second kappa shape index (κ2) is 10.2. The van der Waals surface area contributed by atoms with Gasteiger partial charge in [-0.1, -0.05) is 24.2 Å². The van der Waals surface area contributed by atoms with Gasteiger partial charge in [0.2, 0.25) is 5.91 Å². The van der Waals surface area contributed by atoms with Gasteiger partial charge in [-0.3, -0.25) is 9.69 Å². The third-order valence-electron chi connectivity index (χ3n) is 6.21. The van der Waals surface area contributed by atoms with Gasteiger partial charge in [0.05, 0.1) is 16.6 Å². The molecule has 2 heterocycles. The van der Waals surface area contributed by atoms with Crippen LogP contribution in [0.2, 0.25) is 5.02 Å². The molecule has 0 spiro atoms. The van der Waals surface area contributed by atoms with Crippen LogP contribution in [0, 0.1) is 5.82 Å². The number of carbonyl (C=O) groups is 1. The molecule has 0 aromatic heterocycles. The van der Waals surface area contributed by atoms with Gasteiger partial charge in [0.1, 0.15) is 24.7 Å². The number of carbonyl (C=O) groups excluding carboxylic acids is 1. The molecule has 1 unspecified atom stereocenters. The Balaban J connectivity index is 1.75. The Kier molecular flexibility index (Phi) is 7.30. The molecule has 1 fully saturated rings. The second-order valence-corrected chi connectivity index (χ2v) is 9.16. The van der Waals surface area contributed by atoms with E-state index in [1.807, 2.05) is 19.0 Å². The van der Waals surface area contributed by atoms with Gasteiger partial charge in [0.15, 0.2) is 11.6 Å². The van der Waals surface area contributed by atoms with Crippen LogP contribution in [0.4, 0.5) is 4.39 Å². The fraction of sp³-hybridized carbons (Fsp3) is 0.400. The highest BCUT2D eigenvalue weighted by Crippen LogP contribution is 2.45. The summed E-state index contributed by atoms with van der Waals surface area (Å²) in [6.07, 6.45) is 1.31. The topological polar surface area (TPSA) is 65.5 Å². The number of benzene rings is 2. The van der Waals surface area contributed by atoms with E-state index in [0.717, 1.165) is 0 Å². The van der Waals surface area contributed by atoms with Gasteiger partial charge in [0.25, 0.3) is 0 Å². The fourth-order valence-electron chi connectivity index (χ4n) is 4.35. The molecule has 1 atom stereocenters. The van der Waals surface area contributed by atoms with Crippen LogP contribution < -0.4 is 9.47 Å². The number of nitrogens with zero attached hydrogens (tertiary/aromatic N) is 3. The first-order valence-electron chi connectivity index (χ1n) is 11.2. The second-order valence-electron chi connectivity index (χ2n) is 8.75. The van der Waals surface area contributed by atoms with Crippen LogP contribution in [0.25, 0.3) is 11.1 Å². The zero-order valence-corrected chi connectivity index (χ0v) is 20.1. The highest BCUT2D eigenvalue weighted by atomic mass is 35.5. The van der Waals surface area contributed by atoms with Crippen LogP contribution in [0.5, 0.6) is 17.2 Å². The molecule has 1 N–H and O–H groups in total. The minimum Gasteiger partial charge on any atom is -0.507 e. The Morgan fingerprint density at radius 2 is 2.21 bits per heavy atom. The lowest BCUT2D eigenvalue weighted by Gasteiger charge is -2.39. The molecule has 0 aliphatic carbocycles. The molecule has 2 aliphatic rings. The van der Waals surface area contributed by atoms with Gasteiger partial charge in [0, 0.05) is 43.9 Å². The number of rotatable bonds is 6. The van der Waals surface area contributed by atoms with Crippen LogP contribution in [-0.2, 0) is 11.3 Å². The van der Waals surface area contributed by atoms with E-state index in [-0.39, 0.29) is 46.2 Å². The molecule has 2 aromatic rings. The number of ether oxygens (including phenoxy) is 2.